The van der Waals surface area contributed by atoms with Crippen molar-refractivity contribution in [1.29, 1.82) is 0 Å². The van der Waals surface area contributed by atoms with Crippen LogP contribution in [0.1, 0.15) is 134 Å². The molecule has 0 aliphatic carbocycles. The highest BCUT2D eigenvalue weighted by molar-refractivity contribution is 7.80. The molecule has 0 aliphatic heterocycles. The number of carbonyl (C=O) groups excluding carboxylic acids is 9. The Morgan fingerprint density at radius 3 is 1.13 bits per heavy atom. The minimum atomic E-state index is -1.61. The van der Waals surface area contributed by atoms with E-state index in [-0.39, 0.29) is 79.8 Å². The second kappa shape index (κ2) is 34.9. The Kier molecular flexibility index (Phi) is 31.3. The number of carbonyl (C=O) groups is 10. The fourth-order valence-corrected chi connectivity index (χ4v) is 8.30. The third kappa shape index (κ3) is 25.9. The van der Waals surface area contributed by atoms with Gasteiger partial charge in [0.15, 0.2) is 0 Å². The summed E-state index contributed by atoms with van der Waals surface area (Å²) in [6.07, 6.45) is 1.33. The molecular formula is C54H92N10O12S. The summed E-state index contributed by atoms with van der Waals surface area (Å²) in [6.45, 7) is 22.4. The van der Waals surface area contributed by atoms with Gasteiger partial charge in [-0.2, -0.15) is 12.6 Å². The van der Waals surface area contributed by atoms with Crippen LogP contribution in [0.2, 0.25) is 0 Å². The zero-order valence-corrected chi connectivity index (χ0v) is 48.4. The van der Waals surface area contributed by atoms with Gasteiger partial charge in [0.05, 0.1) is 12.6 Å². The number of benzene rings is 1. The van der Waals surface area contributed by atoms with Gasteiger partial charge in [-0.05, 0) is 80.1 Å². The van der Waals surface area contributed by atoms with Gasteiger partial charge >= 0.3 is 5.97 Å². The molecule has 0 aromatic heterocycles. The Balaban J connectivity index is 3.29. The lowest BCUT2D eigenvalue weighted by atomic mass is 9.97. The van der Waals surface area contributed by atoms with E-state index >= 15 is 0 Å². The monoisotopic (exact) mass is 1100 g/mol. The van der Waals surface area contributed by atoms with Crippen LogP contribution < -0.4 is 53.6 Å². The first-order chi connectivity index (χ1) is 35.9. The number of carboxylic acids is 1. The number of aliphatic carboxylic acids is 1. The lowest BCUT2D eigenvalue weighted by molar-refractivity contribution is -0.142. The molecule has 0 bridgehead atoms. The Hall–Kier alpha value is -5.81. The van der Waals surface area contributed by atoms with Crippen molar-refractivity contribution in [3.05, 3.63) is 35.9 Å². The van der Waals surface area contributed by atoms with E-state index in [1.54, 1.807) is 39.8 Å². The number of rotatable bonds is 35. The van der Waals surface area contributed by atoms with Gasteiger partial charge in [-0.15, -0.1) is 0 Å². The summed E-state index contributed by atoms with van der Waals surface area (Å²) in [4.78, 5) is 135. The number of thiol groups is 1. The maximum Gasteiger partial charge on any atom is 0.326 e. The van der Waals surface area contributed by atoms with Crippen molar-refractivity contribution in [2.24, 2.45) is 41.2 Å². The lowest BCUT2D eigenvalue weighted by Gasteiger charge is -2.29. The van der Waals surface area contributed by atoms with Crippen molar-refractivity contribution in [2.75, 3.05) is 12.4 Å². The molecular weight excluding hydrogens is 1010 g/mol. The van der Waals surface area contributed by atoms with Gasteiger partial charge in [0.25, 0.3) is 0 Å². The SMILES string of the molecule is CC[C@H](C)[C@H](N)C(=O)N[C@@H](Cc1ccccc1)C(=O)N[C@@H](CC(C)C)C(=O)N[C@@H](CC(C)C)C(=O)N[C@@H](C)C(=O)N[C@@H](CC(C)C)C(=O)N[C@@H](CC(C)C)C(=O)N[C@@H](CO)C(=O)N[C@@H](CS)C(=O)N[C@@H](CC(C)C)C(=O)O. The van der Waals surface area contributed by atoms with Crippen LogP contribution in [-0.2, 0) is 54.4 Å². The van der Waals surface area contributed by atoms with Gasteiger partial charge in [0.2, 0.25) is 53.2 Å². The van der Waals surface area contributed by atoms with Crippen LogP contribution in [0.5, 0.6) is 0 Å². The van der Waals surface area contributed by atoms with Crippen LogP contribution in [0, 0.1) is 35.5 Å². The molecule has 11 atom stereocenters. The van der Waals surface area contributed by atoms with Gasteiger partial charge < -0.3 is 63.8 Å². The van der Waals surface area contributed by atoms with Crippen molar-refractivity contribution in [3.8, 4) is 0 Å². The van der Waals surface area contributed by atoms with Crippen LogP contribution in [-0.4, -0.2) is 142 Å². The molecule has 9 amide bonds. The third-order valence-electron chi connectivity index (χ3n) is 12.5. The first kappa shape index (κ1) is 69.2. The molecule has 1 aromatic carbocycles. The minimum Gasteiger partial charge on any atom is -0.480 e. The number of aliphatic hydroxyl groups excluding tert-OH is 1. The average molecular weight is 1110 g/mol. The van der Waals surface area contributed by atoms with E-state index in [1.165, 1.54) is 6.92 Å². The average Bonchev–Trinajstić information content (AvgIpc) is 3.34. The number of amides is 9. The standard InChI is InChI=1S/C54H92N10O12S/c1-14-33(12)44(55)53(74)61-40(25-35-18-16-15-17-19-35)50(71)60-38(22-30(6)7)48(69)58-36(20-28(2)3)46(67)56-34(13)45(66)57-37(21-29(4)5)47(68)59-39(23-31(8)9)49(70)63-42(26-65)51(72)64-43(27-77)52(73)62-41(54(75)76)24-32(10)11/h15-19,28-34,36-44,65,77H,14,20-27,55H2,1-13H3,(H,56,67)(H,57,66)(H,58,69)(H,59,68)(H,60,71)(H,61,74)(H,62,73)(H,63,70)(H,64,72)(H,75,76)/t33-,34-,36-,37-,38-,39-,40-,41-,42-,43-,44-/m0/s1. The van der Waals surface area contributed by atoms with E-state index < -0.39 is 126 Å². The molecule has 77 heavy (non-hydrogen) atoms. The third-order valence-corrected chi connectivity index (χ3v) is 12.9. The summed E-state index contributed by atoms with van der Waals surface area (Å²) in [5.74, 6) is -9.06. The smallest absolute Gasteiger partial charge is 0.326 e. The summed E-state index contributed by atoms with van der Waals surface area (Å²) < 4.78 is 0. The molecule has 0 aliphatic rings. The Bertz CT molecular complexity index is 2090. The predicted molar refractivity (Wildman–Crippen MR) is 296 cm³/mol. The summed E-state index contributed by atoms with van der Waals surface area (Å²) in [7, 11) is 0. The number of aliphatic hydroxyl groups is 1. The van der Waals surface area contributed by atoms with Gasteiger partial charge in [-0.25, -0.2) is 4.79 Å². The summed E-state index contributed by atoms with van der Waals surface area (Å²) in [6, 6.07) is -3.17. The fraction of sp³-hybridized carbons (Fsp3) is 0.704. The molecule has 0 fully saturated rings. The van der Waals surface area contributed by atoms with E-state index in [2.05, 4.69) is 60.5 Å². The molecule has 1 aromatic rings. The second-order valence-corrected chi connectivity index (χ2v) is 22.5. The number of hydrogen-bond acceptors (Lipinski definition) is 13. The normalized spacial score (nSPS) is 15.8. The number of carboxylic acid groups (broad SMARTS) is 1. The van der Waals surface area contributed by atoms with Crippen molar-refractivity contribution in [2.45, 2.75) is 195 Å². The highest BCUT2D eigenvalue weighted by Gasteiger charge is 2.36. The van der Waals surface area contributed by atoms with E-state index in [4.69, 9.17) is 5.73 Å². The highest BCUT2D eigenvalue weighted by atomic mass is 32.1. The van der Waals surface area contributed by atoms with Gasteiger partial charge in [0.1, 0.15) is 54.4 Å². The topological polar surface area (TPSA) is 345 Å². The van der Waals surface area contributed by atoms with Crippen LogP contribution >= 0.6 is 12.6 Å². The Morgan fingerprint density at radius 1 is 0.442 bits per heavy atom. The molecule has 22 nitrogen and oxygen atoms in total. The summed E-state index contributed by atoms with van der Waals surface area (Å²) in [5.41, 5.74) is 6.99. The van der Waals surface area contributed by atoms with E-state index in [0.29, 0.717) is 6.42 Å². The van der Waals surface area contributed by atoms with Gasteiger partial charge in [-0.3, -0.25) is 43.2 Å². The molecule has 0 heterocycles. The first-order valence-electron chi connectivity index (χ1n) is 26.9. The molecule has 1 rings (SSSR count). The molecule has 0 radical (unpaired) electrons. The molecule has 23 heteroatoms. The van der Waals surface area contributed by atoms with Crippen LogP contribution in [0.4, 0.5) is 0 Å². The Labute approximate surface area is 461 Å². The van der Waals surface area contributed by atoms with E-state index in [1.807, 2.05) is 73.6 Å². The zero-order chi connectivity index (χ0) is 58.9. The quantitative estimate of drug-likeness (QED) is 0.0426. The summed E-state index contributed by atoms with van der Waals surface area (Å²) >= 11 is 4.12. The molecule has 436 valence electrons. The van der Waals surface area contributed by atoms with Gasteiger partial charge in [-0.1, -0.05) is 120 Å². The van der Waals surface area contributed by atoms with E-state index in [0.717, 1.165) is 5.56 Å². The van der Waals surface area contributed by atoms with Crippen LogP contribution in [0.25, 0.3) is 0 Å². The zero-order valence-electron chi connectivity index (χ0n) is 47.5. The molecule has 0 spiro atoms. The molecule has 0 unspecified atom stereocenters. The fourth-order valence-electron chi connectivity index (χ4n) is 8.04. The highest BCUT2D eigenvalue weighted by Crippen LogP contribution is 2.14. The van der Waals surface area contributed by atoms with Gasteiger partial charge in [0, 0.05) is 12.2 Å². The van der Waals surface area contributed by atoms with E-state index in [9.17, 15) is 58.2 Å². The maximum atomic E-state index is 14.1. The number of nitrogens with two attached hydrogens (primary N) is 1. The van der Waals surface area contributed by atoms with Crippen molar-refractivity contribution in [1.82, 2.24) is 47.9 Å². The van der Waals surface area contributed by atoms with Crippen molar-refractivity contribution < 1.29 is 58.2 Å². The molecule has 13 N–H and O–H groups in total. The van der Waals surface area contributed by atoms with Crippen LogP contribution in [0.3, 0.4) is 0 Å². The molecule has 0 saturated heterocycles. The molecule has 0 saturated carbocycles. The van der Waals surface area contributed by atoms with Crippen molar-refractivity contribution in [3.63, 3.8) is 0 Å². The second-order valence-electron chi connectivity index (χ2n) is 22.2. The lowest BCUT2D eigenvalue weighted by Crippen LogP contribution is -2.61. The Morgan fingerprint density at radius 2 is 0.753 bits per heavy atom. The first-order valence-corrected chi connectivity index (χ1v) is 27.5. The van der Waals surface area contributed by atoms with Crippen LogP contribution in [0.15, 0.2) is 30.3 Å². The number of hydrogen-bond donors (Lipinski definition) is 13. The van der Waals surface area contributed by atoms with Crippen molar-refractivity contribution >= 4 is 71.8 Å². The largest absolute Gasteiger partial charge is 0.480 e. The minimum absolute atomic E-state index is 0.0584. The summed E-state index contributed by atoms with van der Waals surface area (Å²) in [5, 5.41) is 43.3. The maximum absolute atomic E-state index is 14.1. The number of nitrogens with one attached hydrogen (secondary N) is 9. The predicted octanol–water partition coefficient (Wildman–Crippen LogP) is 1.22.